The summed E-state index contributed by atoms with van der Waals surface area (Å²) in [6, 6.07) is 9.54. The lowest BCUT2D eigenvalue weighted by Crippen LogP contribution is -2.08. The number of nitrogens with one attached hydrogen (secondary N) is 1. The zero-order valence-electron chi connectivity index (χ0n) is 11.7. The number of rotatable bonds is 3. The van der Waals surface area contributed by atoms with Crippen molar-refractivity contribution in [2.45, 2.75) is 13.8 Å². The molecule has 0 aliphatic carbocycles. The molecule has 0 aliphatic rings. The largest absolute Gasteiger partial charge is 0.398 e. The molecule has 102 valence electrons. The number of nitrogen functional groups attached to an aromatic ring is 1. The topological polar surface area (TPSA) is 63.3 Å². The lowest BCUT2D eigenvalue weighted by atomic mass is 10.2. The number of anilines is 2. The number of hydrogen-bond donors (Lipinski definition) is 2. The van der Waals surface area contributed by atoms with E-state index in [1.54, 1.807) is 6.20 Å². The number of nitrogens with zero attached hydrogens (tertiary/aromatic N) is 2. The SMILES string of the molecule is C=C(C)/C=C\N=C(C)Nc1ccc2c(N)cccc2n1. The van der Waals surface area contributed by atoms with Crippen LogP contribution in [-0.4, -0.2) is 10.8 Å². The molecular weight excluding hydrogens is 248 g/mol. The summed E-state index contributed by atoms with van der Waals surface area (Å²) in [7, 11) is 0. The van der Waals surface area contributed by atoms with E-state index in [4.69, 9.17) is 5.73 Å². The number of allylic oxidation sites excluding steroid dienone is 2. The molecule has 1 aromatic carbocycles. The molecule has 0 amide bonds. The minimum Gasteiger partial charge on any atom is -0.398 e. The Balaban J connectivity index is 2.20. The van der Waals surface area contributed by atoms with Gasteiger partial charge in [0.15, 0.2) is 0 Å². The minimum atomic E-state index is 0.733. The number of hydrogen-bond acceptors (Lipinski definition) is 3. The van der Waals surface area contributed by atoms with Crippen molar-refractivity contribution in [3.63, 3.8) is 0 Å². The highest BCUT2D eigenvalue weighted by Crippen LogP contribution is 2.20. The van der Waals surface area contributed by atoms with Gasteiger partial charge < -0.3 is 11.1 Å². The summed E-state index contributed by atoms with van der Waals surface area (Å²) in [5.74, 6) is 1.51. The van der Waals surface area contributed by atoms with Crippen LogP contribution in [0.25, 0.3) is 10.9 Å². The number of pyridine rings is 1. The number of aromatic nitrogens is 1. The van der Waals surface area contributed by atoms with E-state index in [0.717, 1.165) is 33.8 Å². The van der Waals surface area contributed by atoms with E-state index in [1.165, 1.54) is 0 Å². The van der Waals surface area contributed by atoms with Crippen LogP contribution in [0.15, 0.2) is 59.8 Å². The van der Waals surface area contributed by atoms with Crippen LogP contribution in [0, 0.1) is 0 Å². The van der Waals surface area contributed by atoms with E-state index in [-0.39, 0.29) is 0 Å². The van der Waals surface area contributed by atoms with Gasteiger partial charge in [-0.1, -0.05) is 18.2 Å². The first kappa shape index (κ1) is 13.8. The van der Waals surface area contributed by atoms with Gasteiger partial charge in [-0.05, 0) is 44.2 Å². The van der Waals surface area contributed by atoms with Gasteiger partial charge in [0.1, 0.15) is 11.7 Å². The molecule has 0 aliphatic heterocycles. The molecule has 20 heavy (non-hydrogen) atoms. The summed E-state index contributed by atoms with van der Waals surface area (Å²) >= 11 is 0. The third-order valence-corrected chi connectivity index (χ3v) is 2.70. The summed E-state index contributed by atoms with van der Waals surface area (Å²) in [5, 5.41) is 4.10. The third kappa shape index (κ3) is 3.45. The number of fused-ring (bicyclic) bond motifs is 1. The van der Waals surface area contributed by atoms with Crippen molar-refractivity contribution in [1.82, 2.24) is 4.98 Å². The van der Waals surface area contributed by atoms with E-state index >= 15 is 0 Å². The second-order valence-electron chi connectivity index (χ2n) is 4.61. The molecule has 0 fully saturated rings. The van der Waals surface area contributed by atoms with Gasteiger partial charge in [0.25, 0.3) is 0 Å². The maximum atomic E-state index is 5.90. The molecule has 0 saturated carbocycles. The van der Waals surface area contributed by atoms with Gasteiger partial charge >= 0.3 is 0 Å². The molecule has 0 unspecified atom stereocenters. The fraction of sp³-hybridized carbons (Fsp3) is 0.125. The molecule has 1 heterocycles. The Morgan fingerprint density at radius 2 is 2.10 bits per heavy atom. The monoisotopic (exact) mass is 266 g/mol. The Hall–Kier alpha value is -2.62. The van der Waals surface area contributed by atoms with Crippen LogP contribution in [0.1, 0.15) is 13.8 Å². The lowest BCUT2D eigenvalue weighted by Gasteiger charge is -2.06. The normalized spacial score (nSPS) is 12.0. The second-order valence-corrected chi connectivity index (χ2v) is 4.61. The molecule has 3 N–H and O–H groups in total. The molecule has 0 radical (unpaired) electrons. The Morgan fingerprint density at radius 1 is 1.30 bits per heavy atom. The summed E-state index contributed by atoms with van der Waals surface area (Å²) < 4.78 is 0. The minimum absolute atomic E-state index is 0.733. The molecule has 4 heteroatoms. The Bertz CT molecular complexity index is 699. The van der Waals surface area contributed by atoms with Crippen molar-refractivity contribution in [2.75, 3.05) is 11.1 Å². The predicted octanol–water partition coefficient (Wildman–Crippen LogP) is 3.74. The molecule has 0 saturated heterocycles. The number of benzene rings is 1. The van der Waals surface area contributed by atoms with Crippen LogP contribution in [-0.2, 0) is 0 Å². The van der Waals surface area contributed by atoms with Gasteiger partial charge in [-0.3, -0.25) is 0 Å². The van der Waals surface area contributed by atoms with Crippen molar-refractivity contribution in [1.29, 1.82) is 0 Å². The van der Waals surface area contributed by atoms with Gasteiger partial charge in [0.2, 0.25) is 0 Å². The van der Waals surface area contributed by atoms with E-state index in [1.807, 2.05) is 50.3 Å². The summed E-state index contributed by atoms with van der Waals surface area (Å²) in [6.07, 6.45) is 3.56. The highest BCUT2D eigenvalue weighted by Gasteiger charge is 2.01. The van der Waals surface area contributed by atoms with Crippen LogP contribution >= 0.6 is 0 Å². The van der Waals surface area contributed by atoms with Crippen LogP contribution in [0.2, 0.25) is 0 Å². The summed E-state index contributed by atoms with van der Waals surface area (Å²) in [5.41, 5.74) is 8.45. The quantitative estimate of drug-likeness (QED) is 0.385. The van der Waals surface area contributed by atoms with Crippen LogP contribution in [0.5, 0.6) is 0 Å². The maximum absolute atomic E-state index is 5.90. The first-order valence-electron chi connectivity index (χ1n) is 6.35. The van der Waals surface area contributed by atoms with Crippen LogP contribution in [0.4, 0.5) is 11.5 Å². The first-order valence-corrected chi connectivity index (χ1v) is 6.35. The summed E-state index contributed by atoms with van der Waals surface area (Å²) in [4.78, 5) is 8.76. The molecular formula is C16H18N4. The van der Waals surface area contributed by atoms with Crippen LogP contribution in [0.3, 0.4) is 0 Å². The second kappa shape index (κ2) is 6.02. The van der Waals surface area contributed by atoms with Crippen LogP contribution < -0.4 is 11.1 Å². The molecule has 2 aromatic rings. The Morgan fingerprint density at radius 3 is 2.85 bits per heavy atom. The van der Waals surface area contributed by atoms with Gasteiger partial charge in [-0.15, -0.1) is 0 Å². The smallest absolute Gasteiger partial charge is 0.131 e. The molecule has 0 bridgehead atoms. The Labute approximate surface area is 118 Å². The molecule has 4 nitrogen and oxygen atoms in total. The van der Waals surface area contributed by atoms with Gasteiger partial charge in [-0.25, -0.2) is 9.98 Å². The summed E-state index contributed by atoms with van der Waals surface area (Å²) in [6.45, 7) is 7.58. The fourth-order valence-corrected chi connectivity index (χ4v) is 1.74. The van der Waals surface area contributed by atoms with Crippen molar-refractivity contribution in [3.05, 3.63) is 54.8 Å². The standard InChI is InChI=1S/C16H18N4/c1-11(2)9-10-18-12(3)19-16-8-7-13-14(17)5-4-6-15(13)20-16/h4-10H,1,17H2,2-3H3,(H,18,19,20)/b10-9-. The third-order valence-electron chi connectivity index (χ3n) is 2.70. The number of nitrogens with two attached hydrogens (primary N) is 1. The lowest BCUT2D eigenvalue weighted by molar-refractivity contribution is 1.37. The number of aliphatic imine (C=N–C) groups is 1. The predicted molar refractivity (Wildman–Crippen MR) is 86.8 cm³/mol. The maximum Gasteiger partial charge on any atom is 0.131 e. The van der Waals surface area contributed by atoms with Crippen molar-refractivity contribution in [2.24, 2.45) is 4.99 Å². The van der Waals surface area contributed by atoms with Gasteiger partial charge in [0, 0.05) is 17.3 Å². The average molecular weight is 266 g/mol. The van der Waals surface area contributed by atoms with E-state index in [2.05, 4.69) is 21.9 Å². The zero-order valence-corrected chi connectivity index (χ0v) is 11.7. The highest BCUT2D eigenvalue weighted by atomic mass is 15.0. The molecule has 1 aromatic heterocycles. The van der Waals surface area contributed by atoms with E-state index < -0.39 is 0 Å². The fourth-order valence-electron chi connectivity index (χ4n) is 1.74. The van der Waals surface area contributed by atoms with E-state index in [9.17, 15) is 0 Å². The molecule has 0 atom stereocenters. The van der Waals surface area contributed by atoms with Crippen molar-refractivity contribution < 1.29 is 0 Å². The first-order chi connectivity index (χ1) is 9.56. The van der Waals surface area contributed by atoms with Crippen molar-refractivity contribution in [3.8, 4) is 0 Å². The van der Waals surface area contributed by atoms with Gasteiger partial charge in [0.05, 0.1) is 5.52 Å². The Kier molecular flexibility index (Phi) is 4.15. The van der Waals surface area contributed by atoms with E-state index in [0.29, 0.717) is 0 Å². The number of amidine groups is 1. The van der Waals surface area contributed by atoms with Crippen molar-refractivity contribution >= 4 is 28.2 Å². The van der Waals surface area contributed by atoms with Gasteiger partial charge in [-0.2, -0.15) is 0 Å². The molecule has 2 rings (SSSR count). The molecule has 0 spiro atoms. The zero-order chi connectivity index (χ0) is 14.5. The average Bonchev–Trinajstić information content (AvgIpc) is 2.38. The highest BCUT2D eigenvalue weighted by molar-refractivity contribution is 5.96.